The van der Waals surface area contributed by atoms with E-state index in [2.05, 4.69) is 20.5 Å². The number of carbonyl (C=O) groups excluding carboxylic acids is 1. The highest BCUT2D eigenvalue weighted by Gasteiger charge is 2.34. The maximum atomic E-state index is 12.0. The molecule has 1 amide bonds. The first-order valence-corrected chi connectivity index (χ1v) is 6.77. The van der Waals surface area contributed by atoms with Crippen molar-refractivity contribution in [3.63, 3.8) is 0 Å². The van der Waals surface area contributed by atoms with Gasteiger partial charge in [0.25, 0.3) is 0 Å². The van der Waals surface area contributed by atoms with E-state index in [1.807, 2.05) is 0 Å². The second kappa shape index (κ2) is 5.20. The fourth-order valence-corrected chi connectivity index (χ4v) is 3.00. The highest BCUT2D eigenvalue weighted by atomic mass is 16.4. The van der Waals surface area contributed by atoms with Gasteiger partial charge in [-0.1, -0.05) is 5.21 Å². The summed E-state index contributed by atoms with van der Waals surface area (Å²) in [6, 6.07) is 0.201. The van der Waals surface area contributed by atoms with Crippen LogP contribution in [0.15, 0.2) is 6.20 Å². The number of aromatic nitrogens is 3. The summed E-state index contributed by atoms with van der Waals surface area (Å²) in [5, 5.41) is 18.9. The Morgan fingerprint density at radius 1 is 1.40 bits per heavy atom. The number of piperidine rings is 3. The van der Waals surface area contributed by atoms with E-state index in [0.717, 1.165) is 32.5 Å². The zero-order valence-corrected chi connectivity index (χ0v) is 11.0. The molecule has 108 valence electrons. The molecular weight excluding hydrogens is 262 g/mol. The van der Waals surface area contributed by atoms with Gasteiger partial charge in [-0.05, 0) is 31.8 Å². The van der Waals surface area contributed by atoms with Gasteiger partial charge in [-0.3, -0.25) is 4.79 Å². The van der Waals surface area contributed by atoms with Gasteiger partial charge in [0, 0.05) is 12.6 Å². The van der Waals surface area contributed by atoms with Crippen LogP contribution in [0.3, 0.4) is 0 Å². The van der Waals surface area contributed by atoms with Gasteiger partial charge in [0.2, 0.25) is 5.91 Å². The van der Waals surface area contributed by atoms with Gasteiger partial charge in [-0.15, -0.1) is 5.10 Å². The van der Waals surface area contributed by atoms with Gasteiger partial charge in [-0.25, -0.2) is 9.48 Å². The van der Waals surface area contributed by atoms with Gasteiger partial charge in [0.1, 0.15) is 6.54 Å². The average Bonchev–Trinajstić information content (AvgIpc) is 2.88. The molecular formula is C12H17N5O3. The number of hydrogen-bond acceptors (Lipinski definition) is 5. The third-order valence-electron chi connectivity index (χ3n) is 4.07. The molecule has 3 aliphatic rings. The molecule has 1 atom stereocenters. The van der Waals surface area contributed by atoms with Crippen molar-refractivity contribution in [1.29, 1.82) is 0 Å². The minimum Gasteiger partial charge on any atom is -0.476 e. The van der Waals surface area contributed by atoms with E-state index in [1.165, 1.54) is 10.9 Å². The first-order valence-electron chi connectivity index (χ1n) is 6.77. The molecule has 20 heavy (non-hydrogen) atoms. The minimum absolute atomic E-state index is 0.00347. The molecule has 8 nitrogen and oxygen atoms in total. The Morgan fingerprint density at radius 3 is 2.70 bits per heavy atom. The van der Waals surface area contributed by atoms with E-state index in [4.69, 9.17) is 5.11 Å². The summed E-state index contributed by atoms with van der Waals surface area (Å²) >= 11 is 0. The Labute approximate surface area is 115 Å². The average molecular weight is 279 g/mol. The summed E-state index contributed by atoms with van der Waals surface area (Å²) in [6.45, 7) is 3.17. The second-order valence-corrected chi connectivity index (χ2v) is 5.42. The third-order valence-corrected chi connectivity index (χ3v) is 4.07. The molecule has 3 fully saturated rings. The van der Waals surface area contributed by atoms with Gasteiger partial charge in [0.15, 0.2) is 5.69 Å². The van der Waals surface area contributed by atoms with E-state index in [-0.39, 0.29) is 24.2 Å². The van der Waals surface area contributed by atoms with Gasteiger partial charge in [-0.2, -0.15) is 0 Å². The van der Waals surface area contributed by atoms with Crippen LogP contribution in [0.4, 0.5) is 0 Å². The number of carbonyl (C=O) groups is 2. The summed E-state index contributed by atoms with van der Waals surface area (Å²) < 4.78 is 1.25. The molecule has 3 aliphatic heterocycles. The Bertz CT molecular complexity index is 521. The third kappa shape index (κ3) is 2.64. The van der Waals surface area contributed by atoms with Crippen LogP contribution in [0.1, 0.15) is 23.3 Å². The number of rotatable bonds is 4. The Kier molecular flexibility index (Phi) is 3.39. The quantitative estimate of drug-likeness (QED) is 0.747. The first-order chi connectivity index (χ1) is 9.61. The van der Waals surface area contributed by atoms with Gasteiger partial charge < -0.3 is 15.3 Å². The molecule has 0 aromatic carbocycles. The lowest BCUT2D eigenvalue weighted by molar-refractivity contribution is -0.124. The summed E-state index contributed by atoms with van der Waals surface area (Å²) in [6.07, 6.45) is 3.54. The number of carboxylic acid groups (broad SMARTS) is 1. The predicted molar refractivity (Wildman–Crippen MR) is 68.1 cm³/mol. The monoisotopic (exact) mass is 279 g/mol. The van der Waals surface area contributed by atoms with Crippen molar-refractivity contribution in [3.8, 4) is 0 Å². The van der Waals surface area contributed by atoms with Crippen LogP contribution in [0.2, 0.25) is 0 Å². The van der Waals surface area contributed by atoms with Crippen molar-refractivity contribution in [1.82, 2.24) is 25.2 Å². The Morgan fingerprint density at radius 2 is 2.15 bits per heavy atom. The molecule has 4 heterocycles. The van der Waals surface area contributed by atoms with Crippen molar-refractivity contribution in [2.75, 3.05) is 19.6 Å². The molecule has 2 bridgehead atoms. The summed E-state index contributed by atoms with van der Waals surface area (Å²) in [5.41, 5.74) is -0.152. The van der Waals surface area contributed by atoms with Crippen LogP contribution in [-0.4, -0.2) is 62.6 Å². The van der Waals surface area contributed by atoms with Crippen LogP contribution < -0.4 is 5.32 Å². The van der Waals surface area contributed by atoms with Gasteiger partial charge >= 0.3 is 5.97 Å². The summed E-state index contributed by atoms with van der Waals surface area (Å²) in [4.78, 5) is 25.0. The highest BCUT2D eigenvalue weighted by Crippen LogP contribution is 2.27. The molecule has 0 saturated carbocycles. The van der Waals surface area contributed by atoms with Gasteiger partial charge in [0.05, 0.1) is 6.20 Å². The fourth-order valence-electron chi connectivity index (χ4n) is 3.00. The van der Waals surface area contributed by atoms with Crippen molar-refractivity contribution < 1.29 is 14.7 Å². The Hall–Kier alpha value is -1.96. The van der Waals surface area contributed by atoms with Crippen molar-refractivity contribution in [2.24, 2.45) is 5.92 Å². The number of amides is 1. The molecule has 8 heteroatoms. The lowest BCUT2D eigenvalue weighted by Gasteiger charge is -2.44. The van der Waals surface area contributed by atoms with Crippen molar-refractivity contribution in [2.45, 2.75) is 25.4 Å². The topological polar surface area (TPSA) is 100 Å². The van der Waals surface area contributed by atoms with Crippen molar-refractivity contribution in [3.05, 3.63) is 11.9 Å². The molecule has 1 aromatic heterocycles. The number of hydrogen-bond donors (Lipinski definition) is 2. The lowest BCUT2D eigenvalue weighted by atomic mass is 9.84. The van der Waals surface area contributed by atoms with Crippen LogP contribution in [0, 0.1) is 5.92 Å². The second-order valence-electron chi connectivity index (χ2n) is 5.42. The Balaban J connectivity index is 1.55. The predicted octanol–water partition coefficient (Wildman–Crippen LogP) is -0.813. The van der Waals surface area contributed by atoms with E-state index in [0.29, 0.717) is 5.92 Å². The maximum Gasteiger partial charge on any atom is 0.358 e. The molecule has 2 N–H and O–H groups in total. The molecule has 0 radical (unpaired) electrons. The number of aromatic carboxylic acids is 1. The normalized spacial score (nSPS) is 28.3. The molecule has 0 aliphatic carbocycles. The smallest absolute Gasteiger partial charge is 0.358 e. The van der Waals surface area contributed by atoms with Crippen LogP contribution in [0.5, 0.6) is 0 Å². The van der Waals surface area contributed by atoms with E-state index in [1.54, 1.807) is 0 Å². The van der Waals surface area contributed by atoms with Crippen LogP contribution in [0.25, 0.3) is 0 Å². The van der Waals surface area contributed by atoms with Crippen LogP contribution >= 0.6 is 0 Å². The van der Waals surface area contributed by atoms with E-state index in [9.17, 15) is 9.59 Å². The number of fused-ring (bicyclic) bond motifs is 3. The number of nitrogens with one attached hydrogen (secondary N) is 1. The zero-order chi connectivity index (χ0) is 14.1. The number of nitrogens with zero attached hydrogens (tertiary/aromatic N) is 4. The largest absolute Gasteiger partial charge is 0.476 e. The summed E-state index contributed by atoms with van der Waals surface area (Å²) in [7, 11) is 0. The fraction of sp³-hybridized carbons (Fsp3) is 0.667. The van der Waals surface area contributed by atoms with Crippen LogP contribution in [-0.2, 0) is 11.3 Å². The van der Waals surface area contributed by atoms with Crippen molar-refractivity contribution >= 4 is 11.9 Å². The molecule has 1 aromatic rings. The highest BCUT2D eigenvalue weighted by molar-refractivity contribution is 5.84. The summed E-state index contributed by atoms with van der Waals surface area (Å²) in [5.74, 6) is -0.728. The molecule has 3 saturated heterocycles. The first kappa shape index (κ1) is 13.0. The standard InChI is InChI=1S/C12H17N5O3/c18-11(7-17-6-10(12(19)20)14-15-17)13-9-5-16-3-1-8(9)2-4-16/h6,8-9H,1-5,7H2,(H,13,18)(H,19,20). The lowest BCUT2D eigenvalue weighted by Crippen LogP contribution is -2.57. The zero-order valence-electron chi connectivity index (χ0n) is 11.0. The molecule has 4 rings (SSSR count). The maximum absolute atomic E-state index is 12.0. The SMILES string of the molecule is O=C(Cn1cc(C(=O)O)nn1)NC1CN2CCC1CC2. The van der Waals surface area contributed by atoms with E-state index >= 15 is 0 Å². The van der Waals surface area contributed by atoms with E-state index < -0.39 is 5.97 Å². The molecule has 1 unspecified atom stereocenters. The number of carboxylic acids is 1. The molecule has 0 spiro atoms. The minimum atomic E-state index is -1.14.